The molecule has 3 rings (SSSR count). The Kier molecular flexibility index (Phi) is 4.43. The van der Waals surface area contributed by atoms with E-state index in [1.807, 2.05) is 54.6 Å². The van der Waals surface area contributed by atoms with Crippen LogP contribution in [0.15, 0.2) is 59.4 Å². The second-order valence-corrected chi connectivity index (χ2v) is 5.58. The monoisotopic (exact) mass is 337 g/mol. The summed E-state index contributed by atoms with van der Waals surface area (Å²) in [6.45, 7) is 3.17. The van der Waals surface area contributed by atoms with Crippen molar-refractivity contribution in [1.29, 1.82) is 0 Å². The van der Waals surface area contributed by atoms with Gasteiger partial charge in [-0.15, -0.1) is 0 Å². The molecule has 0 atom stereocenters. The summed E-state index contributed by atoms with van der Waals surface area (Å²) in [7, 11) is 1.58. The maximum Gasteiger partial charge on any atom is 0.295 e. The van der Waals surface area contributed by atoms with Crippen LogP contribution in [0.1, 0.15) is 12.6 Å². The summed E-state index contributed by atoms with van der Waals surface area (Å²) in [6.07, 6.45) is 0. The molecule has 2 aromatic carbocycles. The second-order valence-electron chi connectivity index (χ2n) is 5.58. The fraction of sp³-hybridized carbons (Fsp3) is 0.158. The summed E-state index contributed by atoms with van der Waals surface area (Å²) in [5.41, 5.74) is 1.97. The Morgan fingerprint density at radius 1 is 1.00 bits per heavy atom. The molecule has 1 aromatic heterocycles. The number of hydrogen-bond acceptors (Lipinski definition) is 3. The molecule has 1 amide bonds. The van der Waals surface area contributed by atoms with Crippen molar-refractivity contribution in [2.75, 3.05) is 12.4 Å². The number of hydrogen-bond donors (Lipinski definition) is 1. The van der Waals surface area contributed by atoms with E-state index in [4.69, 9.17) is 4.74 Å². The van der Waals surface area contributed by atoms with E-state index in [9.17, 15) is 9.59 Å². The van der Waals surface area contributed by atoms with Crippen LogP contribution in [0.4, 0.5) is 5.69 Å². The molecule has 0 spiro atoms. The normalized spacial score (nSPS) is 10.5. The SMILES string of the molecule is COc1ccccc1-n1c(C)c(NC(C)=O)c(=O)n1-c1ccccc1. The highest BCUT2D eigenvalue weighted by Crippen LogP contribution is 2.27. The number of amides is 1. The number of para-hydroxylation sites is 3. The fourth-order valence-corrected chi connectivity index (χ4v) is 2.82. The number of carbonyl (C=O) groups is 1. The van der Waals surface area contributed by atoms with Gasteiger partial charge in [-0.1, -0.05) is 30.3 Å². The molecule has 1 heterocycles. The Balaban J connectivity index is 2.37. The van der Waals surface area contributed by atoms with Crippen molar-refractivity contribution in [2.45, 2.75) is 13.8 Å². The summed E-state index contributed by atoms with van der Waals surface area (Å²) < 4.78 is 8.73. The average Bonchev–Trinajstić information content (AvgIpc) is 2.86. The molecule has 0 bridgehead atoms. The van der Waals surface area contributed by atoms with Crippen molar-refractivity contribution in [3.05, 3.63) is 70.6 Å². The van der Waals surface area contributed by atoms with Crippen LogP contribution in [0.25, 0.3) is 11.4 Å². The van der Waals surface area contributed by atoms with Crippen LogP contribution in [0.2, 0.25) is 0 Å². The van der Waals surface area contributed by atoms with Crippen molar-refractivity contribution in [3.8, 4) is 17.1 Å². The third kappa shape index (κ3) is 2.94. The number of methoxy groups -OCH3 is 1. The average molecular weight is 337 g/mol. The number of benzene rings is 2. The van der Waals surface area contributed by atoms with E-state index in [0.29, 0.717) is 22.8 Å². The topological polar surface area (TPSA) is 65.3 Å². The number of ether oxygens (including phenoxy) is 1. The van der Waals surface area contributed by atoms with Crippen molar-refractivity contribution in [1.82, 2.24) is 9.36 Å². The number of aromatic nitrogens is 2. The lowest BCUT2D eigenvalue weighted by Gasteiger charge is -2.16. The first-order valence-electron chi connectivity index (χ1n) is 7.85. The van der Waals surface area contributed by atoms with Gasteiger partial charge in [0.15, 0.2) is 0 Å². The minimum absolute atomic E-state index is 0.252. The van der Waals surface area contributed by atoms with Gasteiger partial charge in [0.1, 0.15) is 17.1 Å². The number of nitrogens with one attached hydrogen (secondary N) is 1. The Labute approximate surface area is 145 Å². The lowest BCUT2D eigenvalue weighted by molar-refractivity contribution is -0.114. The molecular formula is C19H19N3O3. The molecule has 3 aromatic rings. The second kappa shape index (κ2) is 6.68. The first-order chi connectivity index (χ1) is 12.0. The quantitative estimate of drug-likeness (QED) is 0.796. The summed E-state index contributed by atoms with van der Waals surface area (Å²) in [6, 6.07) is 16.7. The van der Waals surface area contributed by atoms with Crippen molar-refractivity contribution < 1.29 is 9.53 Å². The highest BCUT2D eigenvalue weighted by molar-refractivity contribution is 5.89. The zero-order valence-corrected chi connectivity index (χ0v) is 14.3. The first kappa shape index (κ1) is 16.6. The molecule has 0 saturated heterocycles. The third-order valence-corrected chi connectivity index (χ3v) is 3.90. The maximum absolute atomic E-state index is 13.0. The molecule has 0 unspecified atom stereocenters. The zero-order chi connectivity index (χ0) is 18.0. The minimum Gasteiger partial charge on any atom is -0.494 e. The van der Waals surface area contributed by atoms with E-state index < -0.39 is 0 Å². The standard InChI is InChI=1S/C19H19N3O3/c1-13-18(20-14(2)23)19(24)22(15-9-5-4-6-10-15)21(13)16-11-7-8-12-17(16)25-3/h4-12H,1-3H3,(H,20,23). The van der Waals surface area contributed by atoms with Gasteiger partial charge in [-0.3, -0.25) is 9.59 Å². The van der Waals surface area contributed by atoms with E-state index >= 15 is 0 Å². The number of anilines is 1. The van der Waals surface area contributed by atoms with Gasteiger partial charge in [-0.2, -0.15) is 0 Å². The third-order valence-electron chi connectivity index (χ3n) is 3.90. The van der Waals surface area contributed by atoms with Crippen LogP contribution in [0, 0.1) is 6.92 Å². The highest BCUT2D eigenvalue weighted by atomic mass is 16.5. The highest BCUT2D eigenvalue weighted by Gasteiger charge is 2.21. The van der Waals surface area contributed by atoms with Gasteiger partial charge in [0.05, 0.1) is 18.5 Å². The molecule has 128 valence electrons. The zero-order valence-electron chi connectivity index (χ0n) is 14.3. The van der Waals surface area contributed by atoms with E-state index in [1.54, 1.807) is 18.7 Å². The van der Waals surface area contributed by atoms with Gasteiger partial charge in [0.2, 0.25) is 5.91 Å². The number of carbonyl (C=O) groups excluding carboxylic acids is 1. The molecule has 0 fully saturated rings. The molecule has 6 heteroatoms. The molecule has 25 heavy (non-hydrogen) atoms. The molecule has 6 nitrogen and oxygen atoms in total. The van der Waals surface area contributed by atoms with E-state index in [1.165, 1.54) is 11.6 Å². The first-order valence-corrected chi connectivity index (χ1v) is 7.85. The predicted octanol–water partition coefficient (Wildman–Crippen LogP) is 2.90. The minimum atomic E-state index is -0.301. The van der Waals surface area contributed by atoms with Crippen LogP contribution < -0.4 is 15.6 Å². The Morgan fingerprint density at radius 3 is 2.28 bits per heavy atom. The summed E-state index contributed by atoms with van der Waals surface area (Å²) in [5.74, 6) is 0.331. The summed E-state index contributed by atoms with van der Waals surface area (Å²) in [5, 5.41) is 2.65. The molecule has 0 aliphatic rings. The van der Waals surface area contributed by atoms with Crippen LogP contribution in [0.3, 0.4) is 0 Å². The van der Waals surface area contributed by atoms with Crippen LogP contribution in [0.5, 0.6) is 5.75 Å². The van der Waals surface area contributed by atoms with Gasteiger partial charge in [-0.25, -0.2) is 9.36 Å². The molecular weight excluding hydrogens is 318 g/mol. The van der Waals surface area contributed by atoms with Crippen LogP contribution >= 0.6 is 0 Å². The Morgan fingerprint density at radius 2 is 1.64 bits per heavy atom. The summed E-state index contributed by atoms with van der Waals surface area (Å²) in [4.78, 5) is 24.5. The Hall–Kier alpha value is -3.28. The lowest BCUT2D eigenvalue weighted by Crippen LogP contribution is -2.22. The van der Waals surface area contributed by atoms with Gasteiger partial charge in [-0.05, 0) is 31.2 Å². The van der Waals surface area contributed by atoms with E-state index in [0.717, 1.165) is 0 Å². The predicted molar refractivity (Wildman–Crippen MR) is 97.0 cm³/mol. The van der Waals surface area contributed by atoms with Gasteiger partial charge >= 0.3 is 0 Å². The molecule has 0 saturated carbocycles. The molecule has 1 N–H and O–H groups in total. The van der Waals surface area contributed by atoms with Crippen molar-refractivity contribution in [2.24, 2.45) is 0 Å². The molecule has 0 aliphatic carbocycles. The van der Waals surface area contributed by atoms with Gasteiger partial charge < -0.3 is 10.1 Å². The van der Waals surface area contributed by atoms with Crippen LogP contribution in [-0.4, -0.2) is 22.4 Å². The van der Waals surface area contributed by atoms with Crippen molar-refractivity contribution in [3.63, 3.8) is 0 Å². The number of nitrogens with zero attached hydrogens (tertiary/aromatic N) is 2. The fourth-order valence-electron chi connectivity index (χ4n) is 2.82. The van der Waals surface area contributed by atoms with E-state index in [2.05, 4.69) is 5.32 Å². The number of rotatable bonds is 4. The van der Waals surface area contributed by atoms with Gasteiger partial charge in [0.25, 0.3) is 5.56 Å². The Bertz CT molecular complexity index is 971. The lowest BCUT2D eigenvalue weighted by atomic mass is 10.3. The summed E-state index contributed by atoms with van der Waals surface area (Å²) >= 11 is 0. The van der Waals surface area contributed by atoms with Gasteiger partial charge in [0, 0.05) is 6.92 Å². The largest absolute Gasteiger partial charge is 0.494 e. The molecule has 0 aliphatic heterocycles. The van der Waals surface area contributed by atoms with Crippen LogP contribution in [-0.2, 0) is 4.79 Å². The molecule has 0 radical (unpaired) electrons. The van der Waals surface area contributed by atoms with E-state index in [-0.39, 0.29) is 17.2 Å². The smallest absolute Gasteiger partial charge is 0.295 e. The van der Waals surface area contributed by atoms with Crippen molar-refractivity contribution >= 4 is 11.6 Å². The maximum atomic E-state index is 13.0.